The zero-order valence-electron chi connectivity index (χ0n) is 22.2. The van der Waals surface area contributed by atoms with Gasteiger partial charge < -0.3 is 34.2 Å². The van der Waals surface area contributed by atoms with Crippen molar-refractivity contribution in [2.45, 2.75) is 5.92 Å². The Morgan fingerprint density at radius 2 is 1.44 bits per heavy atom. The van der Waals surface area contributed by atoms with E-state index in [1.165, 1.54) is 27.4 Å². The number of hydrogen-bond donors (Lipinski definition) is 1. The highest BCUT2D eigenvalue weighted by Gasteiger charge is 2.45. The lowest BCUT2D eigenvalue weighted by molar-refractivity contribution is -0.139. The average molecular weight is 538 g/mol. The van der Waals surface area contributed by atoms with Gasteiger partial charge in [0, 0.05) is 6.07 Å². The molecular formula is C27H27N3O9. The Hall–Kier alpha value is -5.18. The van der Waals surface area contributed by atoms with Crippen molar-refractivity contribution in [2.75, 3.05) is 47.6 Å². The van der Waals surface area contributed by atoms with Crippen molar-refractivity contribution in [3.8, 4) is 23.3 Å². The molecular weight excluding hydrogens is 510 g/mol. The molecule has 0 amide bonds. The van der Waals surface area contributed by atoms with Crippen LogP contribution in [-0.2, 0) is 23.8 Å². The number of esters is 3. The largest absolute Gasteiger partial charge is 0.493 e. The highest BCUT2D eigenvalue weighted by atomic mass is 16.5. The van der Waals surface area contributed by atoms with Gasteiger partial charge in [-0.15, -0.1) is 0 Å². The molecule has 39 heavy (non-hydrogen) atoms. The summed E-state index contributed by atoms with van der Waals surface area (Å²) in [5.41, 5.74) is 5.94. The fourth-order valence-corrected chi connectivity index (χ4v) is 4.37. The second kappa shape index (κ2) is 11.9. The maximum Gasteiger partial charge on any atom is 0.355 e. The van der Waals surface area contributed by atoms with E-state index in [9.17, 15) is 19.6 Å². The predicted octanol–water partition coefficient (Wildman–Crippen LogP) is 2.40. The van der Waals surface area contributed by atoms with Gasteiger partial charge >= 0.3 is 17.9 Å². The number of allylic oxidation sites excluding steroid dienone is 1. The zero-order chi connectivity index (χ0) is 28.9. The first-order valence-corrected chi connectivity index (χ1v) is 11.3. The lowest BCUT2D eigenvalue weighted by Crippen LogP contribution is -2.41. The van der Waals surface area contributed by atoms with E-state index < -0.39 is 29.5 Å². The summed E-state index contributed by atoms with van der Waals surface area (Å²) in [6.07, 6.45) is 0. The number of benzene rings is 2. The molecule has 0 aromatic heterocycles. The number of carbonyl (C=O) groups excluding carboxylic acids is 3. The second-order valence-corrected chi connectivity index (χ2v) is 7.87. The van der Waals surface area contributed by atoms with E-state index in [1.807, 2.05) is 6.07 Å². The normalized spacial score (nSPS) is 14.8. The first-order valence-electron chi connectivity index (χ1n) is 11.3. The molecule has 1 atom stereocenters. The third-order valence-electron chi connectivity index (χ3n) is 6.04. The van der Waals surface area contributed by atoms with Crippen LogP contribution in [0, 0.1) is 11.3 Å². The first-order chi connectivity index (χ1) is 18.7. The molecule has 0 spiro atoms. The van der Waals surface area contributed by atoms with Crippen LogP contribution in [0.1, 0.15) is 21.8 Å². The lowest BCUT2D eigenvalue weighted by atomic mass is 9.80. The molecule has 2 aromatic rings. The number of rotatable bonds is 8. The van der Waals surface area contributed by atoms with Gasteiger partial charge in [0.2, 0.25) is 5.75 Å². The minimum absolute atomic E-state index is 0.0305. The van der Waals surface area contributed by atoms with E-state index >= 15 is 0 Å². The van der Waals surface area contributed by atoms with Crippen molar-refractivity contribution in [1.29, 1.82) is 5.26 Å². The van der Waals surface area contributed by atoms with Crippen molar-refractivity contribution in [3.63, 3.8) is 0 Å². The fourth-order valence-electron chi connectivity index (χ4n) is 4.37. The number of ether oxygens (including phenoxy) is 6. The van der Waals surface area contributed by atoms with Crippen LogP contribution in [0.4, 0.5) is 5.69 Å². The van der Waals surface area contributed by atoms with Crippen LogP contribution < -0.4 is 24.8 Å². The fraction of sp³-hybridized carbons (Fsp3) is 0.259. The maximum absolute atomic E-state index is 13.4. The molecule has 2 aromatic carbocycles. The first kappa shape index (κ1) is 28.4. The van der Waals surface area contributed by atoms with Crippen molar-refractivity contribution < 1.29 is 42.8 Å². The number of nitrogens with two attached hydrogens (primary N) is 1. The Balaban J connectivity index is 2.62. The third kappa shape index (κ3) is 4.77. The predicted molar refractivity (Wildman–Crippen MR) is 137 cm³/mol. The van der Waals surface area contributed by atoms with Gasteiger partial charge in [0.05, 0.1) is 71.4 Å². The third-order valence-corrected chi connectivity index (χ3v) is 6.04. The molecule has 0 saturated carbocycles. The van der Waals surface area contributed by atoms with E-state index in [4.69, 9.17) is 34.2 Å². The summed E-state index contributed by atoms with van der Waals surface area (Å²) < 4.78 is 31.5. The Bertz CT molecular complexity index is 1410. The molecule has 0 aliphatic carbocycles. The van der Waals surface area contributed by atoms with Gasteiger partial charge in [-0.2, -0.15) is 5.26 Å². The Morgan fingerprint density at radius 3 is 1.92 bits per heavy atom. The summed E-state index contributed by atoms with van der Waals surface area (Å²) in [7, 11) is 7.34. The van der Waals surface area contributed by atoms with Crippen molar-refractivity contribution in [2.24, 2.45) is 5.73 Å². The summed E-state index contributed by atoms with van der Waals surface area (Å²) in [5.74, 6) is -4.19. The molecule has 2 N–H and O–H groups in total. The molecule has 0 bridgehead atoms. The molecule has 0 saturated heterocycles. The van der Waals surface area contributed by atoms with Gasteiger partial charge in [-0.3, -0.25) is 4.90 Å². The Kier molecular flexibility index (Phi) is 8.67. The van der Waals surface area contributed by atoms with E-state index in [2.05, 4.69) is 0 Å². The van der Waals surface area contributed by atoms with Crippen molar-refractivity contribution in [3.05, 3.63) is 70.2 Å². The smallest absolute Gasteiger partial charge is 0.355 e. The molecule has 204 valence electrons. The number of methoxy groups -OCH3 is 6. The quantitative estimate of drug-likeness (QED) is 0.387. The summed E-state index contributed by atoms with van der Waals surface area (Å²) in [6.45, 7) is 0. The van der Waals surface area contributed by atoms with Crippen LogP contribution in [0.15, 0.2) is 59.1 Å². The Labute approximate surface area is 224 Å². The van der Waals surface area contributed by atoms with E-state index in [0.29, 0.717) is 5.56 Å². The van der Waals surface area contributed by atoms with Gasteiger partial charge in [-0.1, -0.05) is 30.3 Å². The summed E-state index contributed by atoms with van der Waals surface area (Å²) in [5, 5.41) is 10.3. The molecule has 0 radical (unpaired) electrons. The zero-order valence-corrected chi connectivity index (χ0v) is 22.2. The van der Waals surface area contributed by atoms with Gasteiger partial charge in [0.1, 0.15) is 17.2 Å². The van der Waals surface area contributed by atoms with Crippen molar-refractivity contribution >= 4 is 23.6 Å². The summed E-state index contributed by atoms with van der Waals surface area (Å²) in [6, 6.07) is 11.8. The van der Waals surface area contributed by atoms with Gasteiger partial charge in [0.25, 0.3) is 0 Å². The average Bonchev–Trinajstić information content (AvgIpc) is 2.98. The number of anilines is 1. The summed E-state index contributed by atoms with van der Waals surface area (Å²) in [4.78, 5) is 40.8. The molecule has 12 heteroatoms. The standard InChI is InChI=1S/C27H27N3O9/c1-34-17-12-15(25(31)37-4)20(23(36-3)22(17)35-2)30-21(27(33)39-6)19(26(32)38-5)18(16(13-28)24(30)29)14-10-8-7-9-11-14/h7-12,18H,29H2,1-6H3. The van der Waals surface area contributed by atoms with Gasteiger partial charge in [-0.05, 0) is 5.56 Å². The van der Waals surface area contributed by atoms with Gasteiger partial charge in [0.15, 0.2) is 11.5 Å². The lowest BCUT2D eigenvalue weighted by Gasteiger charge is -2.37. The van der Waals surface area contributed by atoms with Crippen molar-refractivity contribution in [1.82, 2.24) is 0 Å². The Morgan fingerprint density at radius 1 is 0.846 bits per heavy atom. The molecule has 1 aliphatic heterocycles. The molecule has 12 nitrogen and oxygen atoms in total. The van der Waals surface area contributed by atoms with E-state index in [-0.39, 0.29) is 45.5 Å². The molecule has 0 fully saturated rings. The number of nitrogens with zero attached hydrogens (tertiary/aromatic N) is 2. The topological polar surface area (TPSA) is 160 Å². The SMILES string of the molecule is COC(=O)C1=C(C(=O)OC)N(c2c(C(=O)OC)cc(OC)c(OC)c2OC)C(N)=C(C#N)C1c1ccccc1. The molecule has 1 unspecified atom stereocenters. The van der Waals surface area contributed by atoms with E-state index in [0.717, 1.165) is 26.2 Å². The van der Waals surface area contributed by atoms with Crippen LogP contribution in [0.3, 0.4) is 0 Å². The van der Waals surface area contributed by atoms with Crippen LogP contribution in [0.5, 0.6) is 17.2 Å². The minimum Gasteiger partial charge on any atom is -0.493 e. The highest BCUT2D eigenvalue weighted by molar-refractivity contribution is 6.09. The molecule has 1 heterocycles. The number of hydrogen-bond acceptors (Lipinski definition) is 12. The second-order valence-electron chi connectivity index (χ2n) is 7.87. The number of carbonyl (C=O) groups is 3. The van der Waals surface area contributed by atoms with Crippen LogP contribution in [0.2, 0.25) is 0 Å². The van der Waals surface area contributed by atoms with Crippen LogP contribution >= 0.6 is 0 Å². The van der Waals surface area contributed by atoms with Gasteiger partial charge in [-0.25, -0.2) is 14.4 Å². The molecule has 3 rings (SSSR count). The minimum atomic E-state index is -1.11. The monoisotopic (exact) mass is 537 g/mol. The molecule has 1 aliphatic rings. The van der Waals surface area contributed by atoms with Crippen LogP contribution in [0.25, 0.3) is 0 Å². The highest BCUT2D eigenvalue weighted by Crippen LogP contribution is 2.52. The summed E-state index contributed by atoms with van der Waals surface area (Å²) >= 11 is 0. The number of nitriles is 1. The van der Waals surface area contributed by atoms with E-state index in [1.54, 1.807) is 30.3 Å². The maximum atomic E-state index is 13.4. The van der Waals surface area contributed by atoms with Crippen LogP contribution in [-0.4, -0.2) is 60.6 Å².